The van der Waals surface area contributed by atoms with Gasteiger partial charge in [0.05, 0.1) is 18.5 Å². The molecule has 1 aliphatic rings. The van der Waals surface area contributed by atoms with Gasteiger partial charge in [-0.15, -0.1) is 10.2 Å². The highest BCUT2D eigenvalue weighted by Crippen LogP contribution is 2.22. The second-order valence-electron chi connectivity index (χ2n) is 4.29. The van der Waals surface area contributed by atoms with Crippen LogP contribution >= 0.6 is 11.8 Å². The molecule has 18 heavy (non-hydrogen) atoms. The molecule has 0 aliphatic carbocycles. The highest BCUT2D eigenvalue weighted by molar-refractivity contribution is 8.00. The van der Waals surface area contributed by atoms with Crippen molar-refractivity contribution in [3.05, 3.63) is 5.82 Å². The third kappa shape index (κ3) is 2.84. The summed E-state index contributed by atoms with van der Waals surface area (Å²) in [4.78, 5) is 14.1. The van der Waals surface area contributed by atoms with Crippen molar-refractivity contribution in [1.29, 1.82) is 0 Å². The molecule has 7 heteroatoms. The summed E-state index contributed by atoms with van der Waals surface area (Å²) in [6.07, 6.45) is 0. The van der Waals surface area contributed by atoms with Gasteiger partial charge in [0, 0.05) is 20.1 Å². The summed E-state index contributed by atoms with van der Waals surface area (Å²) < 4.78 is 7.14. The first kappa shape index (κ1) is 13.4. The zero-order valence-electron chi connectivity index (χ0n) is 10.9. The molecule has 1 aliphatic heterocycles. The third-order valence-electron chi connectivity index (χ3n) is 3.01. The average Bonchev–Trinajstić information content (AvgIpc) is 2.71. The van der Waals surface area contributed by atoms with E-state index in [2.05, 4.69) is 10.2 Å². The van der Waals surface area contributed by atoms with E-state index >= 15 is 0 Å². The van der Waals surface area contributed by atoms with E-state index < -0.39 is 0 Å². The Morgan fingerprint density at radius 1 is 1.39 bits per heavy atom. The van der Waals surface area contributed by atoms with E-state index in [4.69, 9.17) is 4.74 Å². The molecule has 100 valence electrons. The van der Waals surface area contributed by atoms with E-state index in [0.717, 1.165) is 11.0 Å². The van der Waals surface area contributed by atoms with Crippen molar-refractivity contribution in [2.75, 3.05) is 26.3 Å². The first-order valence-electron chi connectivity index (χ1n) is 5.99. The fraction of sp³-hybridized carbons (Fsp3) is 0.727. The van der Waals surface area contributed by atoms with Crippen molar-refractivity contribution in [2.24, 2.45) is 7.05 Å². The third-order valence-corrected chi connectivity index (χ3v) is 4.13. The Labute approximate surface area is 111 Å². The van der Waals surface area contributed by atoms with Crippen molar-refractivity contribution in [3.63, 3.8) is 0 Å². The zero-order chi connectivity index (χ0) is 13.1. The lowest BCUT2D eigenvalue weighted by Gasteiger charge is -2.28. The monoisotopic (exact) mass is 270 g/mol. The molecule has 0 bridgehead atoms. The number of carbonyl (C=O) groups excluding carboxylic acids is 1. The zero-order valence-corrected chi connectivity index (χ0v) is 11.7. The fourth-order valence-electron chi connectivity index (χ4n) is 1.74. The van der Waals surface area contributed by atoms with Crippen LogP contribution in [0.2, 0.25) is 0 Å². The SMILES string of the molecule is Cc1nnc(S[C@@H](C)C(=O)N2CCOCC2)n1C. The maximum absolute atomic E-state index is 12.2. The molecule has 0 unspecified atom stereocenters. The molecule has 1 aromatic heterocycles. The van der Waals surface area contributed by atoms with E-state index in [-0.39, 0.29) is 11.2 Å². The van der Waals surface area contributed by atoms with Crippen molar-refractivity contribution in [3.8, 4) is 0 Å². The molecule has 1 fully saturated rings. The van der Waals surface area contributed by atoms with Gasteiger partial charge in [0.25, 0.3) is 0 Å². The van der Waals surface area contributed by atoms with E-state index in [9.17, 15) is 4.79 Å². The number of morpholine rings is 1. The van der Waals surface area contributed by atoms with E-state index in [1.807, 2.05) is 30.4 Å². The smallest absolute Gasteiger partial charge is 0.236 e. The van der Waals surface area contributed by atoms with Crippen LogP contribution in [-0.2, 0) is 16.6 Å². The summed E-state index contributed by atoms with van der Waals surface area (Å²) in [6, 6.07) is 0. The number of amides is 1. The first-order valence-corrected chi connectivity index (χ1v) is 6.86. The molecule has 0 N–H and O–H groups in total. The standard InChI is InChI=1S/C11H18N4O2S/c1-8(10(16)15-4-6-17-7-5-15)18-11-13-12-9(2)14(11)3/h8H,4-7H2,1-3H3/t8-/m0/s1. The Morgan fingerprint density at radius 3 is 2.61 bits per heavy atom. The molecule has 0 aromatic carbocycles. The van der Waals surface area contributed by atoms with Crippen LogP contribution < -0.4 is 0 Å². The van der Waals surface area contributed by atoms with Gasteiger partial charge in [-0.05, 0) is 13.8 Å². The van der Waals surface area contributed by atoms with Gasteiger partial charge in [-0.25, -0.2) is 0 Å². The van der Waals surface area contributed by atoms with Gasteiger partial charge >= 0.3 is 0 Å². The minimum absolute atomic E-state index is 0.143. The molecule has 2 heterocycles. The van der Waals surface area contributed by atoms with E-state index in [1.54, 1.807) is 0 Å². The van der Waals surface area contributed by atoms with E-state index in [1.165, 1.54) is 11.8 Å². The predicted octanol–water partition coefficient (Wildman–Crippen LogP) is 0.463. The predicted molar refractivity (Wildman–Crippen MR) is 68.5 cm³/mol. The molecule has 1 atom stereocenters. The normalized spacial score (nSPS) is 17.8. The topological polar surface area (TPSA) is 60.3 Å². The van der Waals surface area contributed by atoms with Crippen LogP contribution in [0.15, 0.2) is 5.16 Å². The highest BCUT2D eigenvalue weighted by Gasteiger charge is 2.24. The maximum atomic E-state index is 12.2. The Kier molecular flexibility index (Phi) is 4.23. The van der Waals surface area contributed by atoms with Gasteiger partial charge in [-0.3, -0.25) is 4.79 Å². The quantitative estimate of drug-likeness (QED) is 0.747. The number of hydrogen-bond acceptors (Lipinski definition) is 5. The Morgan fingerprint density at radius 2 is 2.06 bits per heavy atom. The largest absolute Gasteiger partial charge is 0.378 e. The molecule has 1 aromatic rings. The minimum atomic E-state index is -0.148. The minimum Gasteiger partial charge on any atom is -0.378 e. The lowest BCUT2D eigenvalue weighted by atomic mass is 10.3. The Balaban J connectivity index is 1.96. The first-order chi connectivity index (χ1) is 8.59. The molecule has 0 spiro atoms. The molecule has 0 radical (unpaired) electrons. The second kappa shape index (κ2) is 5.71. The van der Waals surface area contributed by atoms with Crippen LogP contribution in [0, 0.1) is 6.92 Å². The molecule has 1 amide bonds. The summed E-state index contributed by atoms with van der Waals surface area (Å²) in [7, 11) is 1.91. The van der Waals surface area contributed by atoms with Gasteiger partial charge in [0.2, 0.25) is 5.91 Å². The number of hydrogen-bond donors (Lipinski definition) is 0. The van der Waals surface area contributed by atoms with Crippen LogP contribution in [-0.4, -0.2) is 57.1 Å². The van der Waals surface area contributed by atoms with Gasteiger partial charge < -0.3 is 14.2 Å². The maximum Gasteiger partial charge on any atom is 0.236 e. The molecular formula is C11H18N4O2S. The van der Waals surface area contributed by atoms with Crippen molar-refractivity contribution >= 4 is 17.7 Å². The summed E-state index contributed by atoms with van der Waals surface area (Å²) >= 11 is 1.45. The van der Waals surface area contributed by atoms with Crippen molar-refractivity contribution in [1.82, 2.24) is 19.7 Å². The van der Waals surface area contributed by atoms with Gasteiger partial charge in [-0.2, -0.15) is 0 Å². The molecule has 2 rings (SSSR count). The number of thioether (sulfide) groups is 1. The van der Waals surface area contributed by atoms with Crippen LogP contribution in [0.25, 0.3) is 0 Å². The van der Waals surface area contributed by atoms with E-state index in [0.29, 0.717) is 26.3 Å². The van der Waals surface area contributed by atoms with Gasteiger partial charge in [0.1, 0.15) is 5.82 Å². The number of ether oxygens (including phenoxy) is 1. The number of carbonyl (C=O) groups is 1. The molecule has 1 saturated heterocycles. The van der Waals surface area contributed by atoms with Crippen LogP contribution in [0.1, 0.15) is 12.7 Å². The molecule has 6 nitrogen and oxygen atoms in total. The lowest BCUT2D eigenvalue weighted by molar-refractivity contribution is -0.134. The average molecular weight is 270 g/mol. The molecular weight excluding hydrogens is 252 g/mol. The number of aromatic nitrogens is 3. The van der Waals surface area contributed by atoms with Gasteiger partial charge in [-0.1, -0.05) is 11.8 Å². The number of rotatable bonds is 3. The van der Waals surface area contributed by atoms with Crippen molar-refractivity contribution < 1.29 is 9.53 Å². The fourth-order valence-corrected chi connectivity index (χ4v) is 2.68. The van der Waals surface area contributed by atoms with Crippen LogP contribution in [0.4, 0.5) is 0 Å². The van der Waals surface area contributed by atoms with Crippen LogP contribution in [0.3, 0.4) is 0 Å². The summed E-state index contributed by atoms with van der Waals surface area (Å²) in [5.74, 6) is 0.993. The summed E-state index contributed by atoms with van der Waals surface area (Å²) in [6.45, 7) is 6.43. The molecule has 0 saturated carbocycles. The Hall–Kier alpha value is -1.08. The number of nitrogens with zero attached hydrogens (tertiary/aromatic N) is 4. The lowest BCUT2D eigenvalue weighted by Crippen LogP contribution is -2.44. The second-order valence-corrected chi connectivity index (χ2v) is 5.59. The Bertz CT molecular complexity index is 429. The van der Waals surface area contributed by atoms with Crippen molar-refractivity contribution in [2.45, 2.75) is 24.3 Å². The summed E-state index contributed by atoms with van der Waals surface area (Å²) in [5, 5.41) is 8.68. The van der Waals surface area contributed by atoms with Crippen LogP contribution in [0.5, 0.6) is 0 Å². The highest BCUT2D eigenvalue weighted by atomic mass is 32.2. The van der Waals surface area contributed by atoms with Gasteiger partial charge in [0.15, 0.2) is 5.16 Å². The number of aryl methyl sites for hydroxylation is 1. The summed E-state index contributed by atoms with van der Waals surface area (Å²) in [5.41, 5.74) is 0.